The van der Waals surface area contributed by atoms with Crippen LogP contribution in [-0.4, -0.2) is 64.4 Å². The van der Waals surface area contributed by atoms with Gasteiger partial charge in [0, 0.05) is 24.1 Å². The Balaban J connectivity index is 1.68. The molecule has 162 valence electrons. The minimum Gasteiger partial charge on any atom is -0.491 e. The summed E-state index contributed by atoms with van der Waals surface area (Å²) in [6.07, 6.45) is 0.677. The third-order valence-corrected chi connectivity index (χ3v) is 4.18. The second-order valence-electron chi connectivity index (χ2n) is 7.13. The van der Waals surface area contributed by atoms with Crippen LogP contribution in [0.3, 0.4) is 0 Å². The van der Waals surface area contributed by atoms with E-state index in [1.54, 1.807) is 24.3 Å². The van der Waals surface area contributed by atoms with Gasteiger partial charge in [-0.1, -0.05) is 18.2 Å². The molecule has 0 aliphatic carbocycles. The molecule has 4 N–H and O–H groups in total. The van der Waals surface area contributed by atoms with Crippen molar-refractivity contribution in [2.75, 3.05) is 37.9 Å². The van der Waals surface area contributed by atoms with Gasteiger partial charge in [0.1, 0.15) is 24.0 Å². The van der Waals surface area contributed by atoms with E-state index in [1.807, 2.05) is 49.3 Å². The molecule has 0 fully saturated rings. The van der Waals surface area contributed by atoms with Crippen molar-refractivity contribution < 1.29 is 19.7 Å². The first-order valence-electron chi connectivity index (χ1n) is 9.66. The van der Waals surface area contributed by atoms with Crippen LogP contribution in [0, 0.1) is 0 Å². The zero-order chi connectivity index (χ0) is 22.2. The summed E-state index contributed by atoms with van der Waals surface area (Å²) in [5, 5.41) is 25.4. The van der Waals surface area contributed by atoms with Crippen LogP contribution in [0.15, 0.2) is 60.8 Å². The first-order valence-corrected chi connectivity index (χ1v) is 9.66. The van der Waals surface area contributed by atoms with Crippen LogP contribution in [0.4, 0.5) is 23.1 Å². The Hall–Kier alpha value is -3.69. The SMILES string of the molecule is CN(C)CC(O)COc1ccc(Nc2ncc(C(=O)O)c(Nc3ccccc3)n2)cc1. The van der Waals surface area contributed by atoms with Gasteiger partial charge < -0.3 is 30.5 Å². The number of hydrogen-bond acceptors (Lipinski definition) is 8. The van der Waals surface area contributed by atoms with Crippen LogP contribution < -0.4 is 15.4 Å². The minimum absolute atomic E-state index is 0.0329. The predicted molar refractivity (Wildman–Crippen MR) is 118 cm³/mol. The Morgan fingerprint density at radius 1 is 1.06 bits per heavy atom. The van der Waals surface area contributed by atoms with Gasteiger partial charge in [0.25, 0.3) is 0 Å². The number of nitrogens with one attached hydrogen (secondary N) is 2. The van der Waals surface area contributed by atoms with Crippen molar-refractivity contribution in [3.63, 3.8) is 0 Å². The van der Waals surface area contributed by atoms with E-state index in [0.29, 0.717) is 23.7 Å². The lowest BCUT2D eigenvalue weighted by atomic mass is 10.2. The molecule has 0 radical (unpaired) electrons. The van der Waals surface area contributed by atoms with E-state index >= 15 is 0 Å². The smallest absolute Gasteiger partial charge is 0.341 e. The summed E-state index contributed by atoms with van der Waals surface area (Å²) in [6.45, 7) is 0.710. The van der Waals surface area contributed by atoms with Gasteiger partial charge in [-0.25, -0.2) is 9.78 Å². The van der Waals surface area contributed by atoms with Crippen molar-refractivity contribution in [1.29, 1.82) is 0 Å². The average molecular weight is 423 g/mol. The Labute approximate surface area is 180 Å². The van der Waals surface area contributed by atoms with E-state index in [-0.39, 0.29) is 23.9 Å². The van der Waals surface area contributed by atoms with Crippen molar-refractivity contribution in [2.24, 2.45) is 0 Å². The number of likely N-dealkylation sites (N-methyl/N-ethyl adjacent to an activating group) is 1. The molecule has 1 atom stereocenters. The minimum atomic E-state index is -1.12. The molecule has 0 spiro atoms. The predicted octanol–water partition coefficient (Wildman–Crippen LogP) is 2.96. The third-order valence-electron chi connectivity index (χ3n) is 4.18. The fourth-order valence-electron chi connectivity index (χ4n) is 2.78. The molecule has 0 saturated heterocycles. The molecule has 31 heavy (non-hydrogen) atoms. The number of benzene rings is 2. The van der Waals surface area contributed by atoms with Crippen LogP contribution in [0.1, 0.15) is 10.4 Å². The number of nitrogens with zero attached hydrogens (tertiary/aromatic N) is 3. The first-order chi connectivity index (χ1) is 14.9. The van der Waals surface area contributed by atoms with Crippen molar-refractivity contribution >= 4 is 29.1 Å². The summed E-state index contributed by atoms with van der Waals surface area (Å²) >= 11 is 0. The Morgan fingerprint density at radius 2 is 1.74 bits per heavy atom. The zero-order valence-electron chi connectivity index (χ0n) is 17.3. The number of carboxylic acid groups (broad SMARTS) is 1. The molecule has 1 heterocycles. The highest BCUT2D eigenvalue weighted by atomic mass is 16.5. The van der Waals surface area contributed by atoms with Crippen LogP contribution in [0.5, 0.6) is 5.75 Å². The molecule has 9 heteroatoms. The summed E-state index contributed by atoms with van der Waals surface area (Å²) in [5.41, 5.74) is 1.39. The summed E-state index contributed by atoms with van der Waals surface area (Å²) in [7, 11) is 3.77. The van der Waals surface area contributed by atoms with E-state index in [9.17, 15) is 15.0 Å². The average Bonchev–Trinajstić information content (AvgIpc) is 2.73. The molecule has 2 aromatic carbocycles. The van der Waals surface area contributed by atoms with E-state index in [0.717, 1.165) is 0 Å². The number of hydrogen-bond donors (Lipinski definition) is 4. The second-order valence-corrected chi connectivity index (χ2v) is 7.13. The largest absolute Gasteiger partial charge is 0.491 e. The topological polar surface area (TPSA) is 120 Å². The Bertz CT molecular complexity index is 997. The Kier molecular flexibility index (Phi) is 7.36. The number of aromatic nitrogens is 2. The molecule has 0 bridgehead atoms. The highest BCUT2D eigenvalue weighted by molar-refractivity contribution is 5.93. The number of aliphatic hydroxyl groups is 1. The molecule has 0 aliphatic rings. The van der Waals surface area contributed by atoms with Gasteiger partial charge in [-0.3, -0.25) is 0 Å². The van der Waals surface area contributed by atoms with E-state index in [4.69, 9.17) is 4.74 Å². The summed E-state index contributed by atoms with van der Waals surface area (Å²) in [4.78, 5) is 21.8. The number of rotatable bonds is 10. The molecule has 0 saturated carbocycles. The standard InChI is InChI=1S/C22H25N5O4/c1-27(2)13-17(28)14-31-18-10-8-16(9-11-18)25-22-23-12-19(21(29)30)20(26-22)24-15-6-4-3-5-7-15/h3-12,17,28H,13-14H2,1-2H3,(H,29,30)(H2,23,24,25,26). The number of carbonyl (C=O) groups is 1. The van der Waals surface area contributed by atoms with Gasteiger partial charge in [0.15, 0.2) is 5.82 Å². The number of aromatic carboxylic acids is 1. The molecule has 0 amide bonds. The first kappa shape index (κ1) is 22.0. The summed E-state index contributed by atoms with van der Waals surface area (Å²) < 4.78 is 5.59. The fraction of sp³-hybridized carbons (Fsp3) is 0.227. The number of ether oxygens (including phenoxy) is 1. The maximum atomic E-state index is 11.5. The van der Waals surface area contributed by atoms with Crippen molar-refractivity contribution in [3.8, 4) is 5.75 Å². The van der Waals surface area contributed by atoms with Gasteiger partial charge in [0.05, 0.1) is 0 Å². The lowest BCUT2D eigenvalue weighted by Gasteiger charge is -2.16. The summed E-state index contributed by atoms with van der Waals surface area (Å²) in [5.74, 6) is -0.0654. The molecule has 3 rings (SSSR count). The molecular formula is C22H25N5O4. The molecule has 0 aliphatic heterocycles. The molecule has 1 aromatic heterocycles. The van der Waals surface area contributed by atoms with E-state index in [2.05, 4.69) is 20.6 Å². The zero-order valence-corrected chi connectivity index (χ0v) is 17.3. The molecule has 3 aromatic rings. The van der Waals surface area contributed by atoms with Crippen LogP contribution in [0.25, 0.3) is 0 Å². The number of carboxylic acids is 1. The lowest BCUT2D eigenvalue weighted by Crippen LogP contribution is -2.30. The van der Waals surface area contributed by atoms with Crippen LogP contribution in [0.2, 0.25) is 0 Å². The lowest BCUT2D eigenvalue weighted by molar-refractivity contribution is 0.0697. The van der Waals surface area contributed by atoms with Crippen molar-refractivity contribution in [1.82, 2.24) is 14.9 Å². The van der Waals surface area contributed by atoms with Gasteiger partial charge >= 0.3 is 5.97 Å². The molecular weight excluding hydrogens is 398 g/mol. The number of aliphatic hydroxyl groups excluding tert-OH is 1. The van der Waals surface area contributed by atoms with Crippen molar-refractivity contribution in [3.05, 3.63) is 66.4 Å². The highest BCUT2D eigenvalue weighted by Gasteiger charge is 2.14. The third kappa shape index (κ3) is 6.66. The van der Waals surface area contributed by atoms with Crippen LogP contribution >= 0.6 is 0 Å². The monoisotopic (exact) mass is 423 g/mol. The van der Waals surface area contributed by atoms with Gasteiger partial charge in [-0.05, 0) is 50.5 Å². The van der Waals surface area contributed by atoms with Gasteiger partial charge in [-0.15, -0.1) is 0 Å². The summed E-state index contributed by atoms with van der Waals surface area (Å²) in [6, 6.07) is 16.3. The van der Waals surface area contributed by atoms with E-state index in [1.165, 1.54) is 6.20 Å². The maximum absolute atomic E-state index is 11.5. The fourth-order valence-corrected chi connectivity index (χ4v) is 2.78. The van der Waals surface area contributed by atoms with Crippen molar-refractivity contribution in [2.45, 2.75) is 6.10 Å². The molecule has 1 unspecified atom stereocenters. The number of para-hydroxylation sites is 1. The maximum Gasteiger partial charge on any atom is 0.341 e. The number of anilines is 4. The van der Waals surface area contributed by atoms with E-state index < -0.39 is 12.1 Å². The normalized spacial score (nSPS) is 11.7. The van der Waals surface area contributed by atoms with Gasteiger partial charge in [-0.2, -0.15) is 4.98 Å². The second kappa shape index (κ2) is 10.4. The van der Waals surface area contributed by atoms with Gasteiger partial charge in [0.2, 0.25) is 5.95 Å². The quantitative estimate of drug-likeness (QED) is 0.390. The molecule has 9 nitrogen and oxygen atoms in total. The Morgan fingerprint density at radius 3 is 2.39 bits per heavy atom. The highest BCUT2D eigenvalue weighted by Crippen LogP contribution is 2.22. The van der Waals surface area contributed by atoms with Crippen LogP contribution in [-0.2, 0) is 0 Å².